The number of hydrogen-bond donors (Lipinski definition) is 3. The number of carbonyl (C=O) groups excluding carboxylic acids is 1. The van der Waals surface area contributed by atoms with Crippen molar-refractivity contribution in [1.29, 1.82) is 0 Å². The quantitative estimate of drug-likeness (QED) is 0.597. The normalized spacial score (nSPS) is 19.1. The van der Waals surface area contributed by atoms with Crippen LogP contribution < -0.4 is 10.6 Å². The lowest BCUT2D eigenvalue weighted by Gasteiger charge is -2.38. The van der Waals surface area contributed by atoms with Gasteiger partial charge in [-0.3, -0.25) is 4.79 Å². The molecule has 1 aliphatic heterocycles. The Labute approximate surface area is 107 Å². The maximum Gasteiger partial charge on any atom is 0.326 e. The smallest absolute Gasteiger partial charge is 0.326 e. The Morgan fingerprint density at radius 3 is 2.44 bits per heavy atom. The molecule has 6 heteroatoms. The molecule has 3 N–H and O–H groups in total. The zero-order valence-corrected chi connectivity index (χ0v) is 11.2. The summed E-state index contributed by atoms with van der Waals surface area (Å²) >= 11 is 0. The van der Waals surface area contributed by atoms with Crippen LogP contribution in [0.4, 0.5) is 0 Å². The third kappa shape index (κ3) is 4.62. The second-order valence-electron chi connectivity index (χ2n) is 5.43. The molecular weight excluding hydrogens is 236 g/mol. The van der Waals surface area contributed by atoms with Gasteiger partial charge in [0.15, 0.2) is 0 Å². The Bertz CT molecular complexity index is 313. The van der Waals surface area contributed by atoms with Gasteiger partial charge in [0.2, 0.25) is 5.91 Å². The number of nitrogens with one attached hydrogen (secondary N) is 2. The van der Waals surface area contributed by atoms with E-state index in [4.69, 9.17) is 9.84 Å². The predicted octanol–water partition coefficient (Wildman–Crippen LogP) is -0.0196. The molecule has 6 nitrogen and oxygen atoms in total. The summed E-state index contributed by atoms with van der Waals surface area (Å²) in [6.07, 6.45) is 0.417. The highest BCUT2D eigenvalue weighted by Gasteiger charge is 2.33. The number of ether oxygens (including phenoxy) is 1. The first kappa shape index (κ1) is 14.9. The van der Waals surface area contributed by atoms with Gasteiger partial charge in [0.05, 0.1) is 5.60 Å². The van der Waals surface area contributed by atoms with Crippen molar-refractivity contribution >= 4 is 11.9 Å². The molecule has 0 radical (unpaired) electrons. The molecular formula is C12H22N2O4. The van der Waals surface area contributed by atoms with Gasteiger partial charge >= 0.3 is 5.97 Å². The number of carboxylic acids is 1. The number of carbonyl (C=O) groups is 2. The van der Waals surface area contributed by atoms with Gasteiger partial charge < -0.3 is 20.5 Å². The third-order valence-corrected chi connectivity index (χ3v) is 2.89. The number of carboxylic acid groups (broad SMARTS) is 1. The molecule has 1 fully saturated rings. The highest BCUT2D eigenvalue weighted by atomic mass is 16.5. The van der Waals surface area contributed by atoms with Crippen molar-refractivity contribution < 1.29 is 19.4 Å². The summed E-state index contributed by atoms with van der Waals surface area (Å²) in [6, 6.07) is -0.839. The topological polar surface area (TPSA) is 87.7 Å². The van der Waals surface area contributed by atoms with Gasteiger partial charge in [-0.05, 0) is 19.3 Å². The number of aliphatic carboxylic acids is 1. The van der Waals surface area contributed by atoms with E-state index in [-0.39, 0.29) is 24.0 Å². The van der Waals surface area contributed by atoms with Gasteiger partial charge in [0, 0.05) is 13.1 Å². The van der Waals surface area contributed by atoms with Gasteiger partial charge in [0.25, 0.3) is 0 Å². The zero-order chi connectivity index (χ0) is 13.8. The molecule has 1 amide bonds. The number of hydrogen-bond acceptors (Lipinski definition) is 4. The van der Waals surface area contributed by atoms with Gasteiger partial charge in [-0.1, -0.05) is 13.8 Å². The summed E-state index contributed by atoms with van der Waals surface area (Å²) in [7, 11) is 0. The van der Waals surface area contributed by atoms with Crippen molar-refractivity contribution in [3.63, 3.8) is 0 Å². The molecule has 0 aromatic carbocycles. The second-order valence-corrected chi connectivity index (χ2v) is 5.43. The van der Waals surface area contributed by atoms with Crippen molar-refractivity contribution in [2.24, 2.45) is 5.92 Å². The average molecular weight is 258 g/mol. The highest BCUT2D eigenvalue weighted by Crippen LogP contribution is 2.14. The largest absolute Gasteiger partial charge is 0.480 e. The Hall–Kier alpha value is -1.14. The van der Waals surface area contributed by atoms with E-state index in [1.807, 2.05) is 20.8 Å². The van der Waals surface area contributed by atoms with Crippen LogP contribution in [-0.4, -0.2) is 48.3 Å². The van der Waals surface area contributed by atoms with Gasteiger partial charge in [-0.15, -0.1) is 0 Å². The van der Waals surface area contributed by atoms with Crippen LogP contribution in [0.25, 0.3) is 0 Å². The Kier molecular flexibility index (Phi) is 5.10. The summed E-state index contributed by atoms with van der Waals surface area (Å²) in [5, 5.41) is 14.5. The van der Waals surface area contributed by atoms with Crippen LogP contribution in [-0.2, 0) is 14.3 Å². The summed E-state index contributed by atoms with van der Waals surface area (Å²) < 4.78 is 5.45. The van der Waals surface area contributed by atoms with E-state index in [0.29, 0.717) is 19.5 Å². The maximum absolute atomic E-state index is 11.6. The van der Waals surface area contributed by atoms with Crippen molar-refractivity contribution in [3.8, 4) is 0 Å². The molecule has 0 aromatic heterocycles. The Morgan fingerprint density at radius 2 is 2.06 bits per heavy atom. The van der Waals surface area contributed by atoms with E-state index < -0.39 is 12.0 Å². The van der Waals surface area contributed by atoms with Gasteiger partial charge in [-0.2, -0.15) is 0 Å². The number of rotatable bonds is 7. The van der Waals surface area contributed by atoms with Gasteiger partial charge in [0.1, 0.15) is 12.6 Å². The van der Waals surface area contributed by atoms with Crippen LogP contribution in [0.5, 0.6) is 0 Å². The van der Waals surface area contributed by atoms with Crippen molar-refractivity contribution in [1.82, 2.24) is 10.6 Å². The van der Waals surface area contributed by atoms with Crippen LogP contribution in [0.15, 0.2) is 0 Å². The van der Waals surface area contributed by atoms with Crippen LogP contribution >= 0.6 is 0 Å². The fourth-order valence-corrected chi connectivity index (χ4v) is 1.75. The van der Waals surface area contributed by atoms with Crippen LogP contribution in [0.1, 0.15) is 27.2 Å². The molecule has 1 aliphatic rings. The minimum Gasteiger partial charge on any atom is -0.480 e. The lowest BCUT2D eigenvalue weighted by atomic mass is 10.0. The number of amides is 1. The van der Waals surface area contributed by atoms with E-state index in [1.165, 1.54) is 0 Å². The first-order valence-electron chi connectivity index (χ1n) is 6.19. The van der Waals surface area contributed by atoms with E-state index in [0.717, 1.165) is 0 Å². The van der Waals surface area contributed by atoms with E-state index in [9.17, 15) is 9.59 Å². The fourth-order valence-electron chi connectivity index (χ4n) is 1.75. The lowest BCUT2D eigenvalue weighted by molar-refractivity contribution is -0.145. The molecule has 1 heterocycles. The van der Waals surface area contributed by atoms with Crippen molar-refractivity contribution in [2.45, 2.75) is 38.8 Å². The Balaban J connectivity index is 2.34. The van der Waals surface area contributed by atoms with Crippen LogP contribution in [0.2, 0.25) is 0 Å². The standard InChI is InChI=1S/C12H22N2O4/c1-8(2)4-9(11(16)17)14-10(15)5-18-12(3)6-13-7-12/h8-9,13H,4-7H2,1-3H3,(H,14,15)(H,16,17)/t9-/m0/s1. The van der Waals surface area contributed by atoms with E-state index in [1.54, 1.807) is 0 Å². The minimum absolute atomic E-state index is 0.0972. The molecule has 1 rings (SSSR count). The first-order chi connectivity index (χ1) is 8.32. The molecule has 0 aliphatic carbocycles. The van der Waals surface area contributed by atoms with E-state index >= 15 is 0 Å². The molecule has 18 heavy (non-hydrogen) atoms. The predicted molar refractivity (Wildman–Crippen MR) is 66.2 cm³/mol. The maximum atomic E-state index is 11.6. The van der Waals surface area contributed by atoms with Crippen LogP contribution in [0, 0.1) is 5.92 Å². The third-order valence-electron chi connectivity index (χ3n) is 2.89. The van der Waals surface area contributed by atoms with Gasteiger partial charge in [-0.25, -0.2) is 4.79 Å². The van der Waals surface area contributed by atoms with Crippen molar-refractivity contribution in [2.75, 3.05) is 19.7 Å². The fraction of sp³-hybridized carbons (Fsp3) is 0.833. The summed E-state index contributed by atoms with van der Waals surface area (Å²) in [4.78, 5) is 22.6. The molecule has 104 valence electrons. The second kappa shape index (κ2) is 6.15. The van der Waals surface area contributed by atoms with Crippen LogP contribution in [0.3, 0.4) is 0 Å². The zero-order valence-electron chi connectivity index (χ0n) is 11.2. The molecule has 0 aromatic rings. The summed E-state index contributed by atoms with van der Waals surface area (Å²) in [5.74, 6) is -1.18. The molecule has 1 atom stereocenters. The molecule has 0 bridgehead atoms. The van der Waals surface area contributed by atoms with E-state index in [2.05, 4.69) is 10.6 Å². The molecule has 0 spiro atoms. The molecule has 0 unspecified atom stereocenters. The molecule has 0 saturated carbocycles. The monoisotopic (exact) mass is 258 g/mol. The average Bonchev–Trinajstić information content (AvgIpc) is 2.22. The first-order valence-corrected chi connectivity index (χ1v) is 6.19. The van der Waals surface area contributed by atoms with Crippen molar-refractivity contribution in [3.05, 3.63) is 0 Å². The summed E-state index contributed by atoms with van der Waals surface area (Å²) in [6.45, 7) is 7.09. The summed E-state index contributed by atoms with van der Waals surface area (Å²) in [5.41, 5.74) is -0.298. The Morgan fingerprint density at radius 1 is 1.44 bits per heavy atom. The lowest BCUT2D eigenvalue weighted by Crippen LogP contribution is -2.60. The minimum atomic E-state index is -1.01. The highest BCUT2D eigenvalue weighted by molar-refractivity contribution is 5.84. The SMILES string of the molecule is CC(C)C[C@H](NC(=O)COC1(C)CNC1)C(=O)O. The molecule has 1 saturated heterocycles.